The largest absolute Gasteiger partial charge is 0.216 e. The van der Waals surface area contributed by atoms with E-state index in [4.69, 9.17) is 0 Å². The van der Waals surface area contributed by atoms with Crippen molar-refractivity contribution in [2.75, 3.05) is 0 Å². The molecule has 0 N–H and O–H groups in total. The lowest BCUT2D eigenvalue weighted by atomic mass is 9.86. The summed E-state index contributed by atoms with van der Waals surface area (Å²) in [7, 11) is 0. The van der Waals surface area contributed by atoms with E-state index in [1.54, 1.807) is 0 Å². The Kier molecular flexibility index (Phi) is 5.07. The predicted octanol–water partition coefficient (Wildman–Crippen LogP) is 4.53. The third-order valence-corrected chi connectivity index (χ3v) is 4.80. The maximum atomic E-state index is 9.38. The summed E-state index contributed by atoms with van der Waals surface area (Å²) in [5, 5.41) is 17.8. The summed E-state index contributed by atoms with van der Waals surface area (Å²) in [6.07, 6.45) is 9.58. The average molecular weight is 308 g/mol. The van der Waals surface area contributed by atoms with E-state index in [0.29, 0.717) is 11.6 Å². The first-order valence-corrected chi connectivity index (χ1v) is 8.78. The smallest absolute Gasteiger partial charge is 0.186 e. The molecular weight excluding hydrogens is 284 g/mol. The topological polar surface area (TPSA) is 54.5 Å². The van der Waals surface area contributed by atoms with Gasteiger partial charge in [0.15, 0.2) is 5.69 Å². The lowest BCUT2D eigenvalue weighted by Gasteiger charge is -2.22. The van der Waals surface area contributed by atoms with Crippen LogP contribution in [-0.4, -0.2) is 15.0 Å². The van der Waals surface area contributed by atoms with E-state index in [1.807, 2.05) is 4.68 Å². The lowest BCUT2D eigenvalue weighted by molar-refractivity contribution is 0.429. The van der Waals surface area contributed by atoms with Gasteiger partial charge >= 0.3 is 0 Å². The highest BCUT2D eigenvalue weighted by atomic mass is 15.4. The standard InChI is InChI=1S/C19H24N4/c1-2-3-7-15-10-12-17(13-11-15)23-19(18(14-20)21-22-23)16-8-5-4-6-9-16/h10-13,16H,2-9H2,1H3. The molecule has 0 unspecified atom stereocenters. The second-order valence-electron chi connectivity index (χ2n) is 6.45. The minimum atomic E-state index is 0.410. The number of unbranched alkanes of at least 4 members (excludes halogenated alkanes) is 1. The number of hydrogen-bond donors (Lipinski definition) is 0. The van der Waals surface area contributed by atoms with Gasteiger partial charge in [-0.1, -0.05) is 50.0 Å². The first-order chi connectivity index (χ1) is 11.3. The summed E-state index contributed by atoms with van der Waals surface area (Å²) in [5.74, 6) is 0.410. The highest BCUT2D eigenvalue weighted by Gasteiger charge is 2.25. The molecule has 1 aliphatic rings. The van der Waals surface area contributed by atoms with Crippen LogP contribution in [0, 0.1) is 11.3 Å². The van der Waals surface area contributed by atoms with Gasteiger partial charge in [0.05, 0.1) is 11.4 Å². The molecule has 0 amide bonds. The van der Waals surface area contributed by atoms with E-state index in [0.717, 1.165) is 30.6 Å². The predicted molar refractivity (Wildman–Crippen MR) is 90.5 cm³/mol. The van der Waals surface area contributed by atoms with Crippen molar-refractivity contribution in [1.82, 2.24) is 15.0 Å². The summed E-state index contributed by atoms with van der Waals surface area (Å²) in [6, 6.07) is 10.8. The van der Waals surface area contributed by atoms with Crippen molar-refractivity contribution in [3.63, 3.8) is 0 Å². The number of benzene rings is 1. The van der Waals surface area contributed by atoms with Crippen LogP contribution >= 0.6 is 0 Å². The monoisotopic (exact) mass is 308 g/mol. The average Bonchev–Trinajstić information content (AvgIpc) is 3.05. The van der Waals surface area contributed by atoms with Gasteiger partial charge in [0.2, 0.25) is 0 Å². The molecule has 0 bridgehead atoms. The quantitative estimate of drug-likeness (QED) is 0.815. The maximum absolute atomic E-state index is 9.38. The van der Waals surface area contributed by atoms with Gasteiger partial charge in [-0.15, -0.1) is 5.10 Å². The van der Waals surface area contributed by atoms with E-state index in [2.05, 4.69) is 47.6 Å². The molecule has 1 heterocycles. The van der Waals surface area contributed by atoms with Crippen molar-refractivity contribution in [3.8, 4) is 11.8 Å². The second kappa shape index (κ2) is 7.41. The zero-order valence-corrected chi connectivity index (χ0v) is 13.8. The number of rotatable bonds is 5. The molecular formula is C19H24N4. The summed E-state index contributed by atoms with van der Waals surface area (Å²) in [4.78, 5) is 0. The third-order valence-electron chi connectivity index (χ3n) is 4.80. The molecule has 4 heteroatoms. The van der Waals surface area contributed by atoms with Crippen LogP contribution in [0.5, 0.6) is 0 Å². The van der Waals surface area contributed by atoms with E-state index in [1.165, 1.54) is 37.7 Å². The van der Waals surface area contributed by atoms with Crippen molar-refractivity contribution in [2.45, 2.75) is 64.2 Å². The molecule has 4 nitrogen and oxygen atoms in total. The Balaban J connectivity index is 1.90. The van der Waals surface area contributed by atoms with Gasteiger partial charge in [0.1, 0.15) is 6.07 Å². The van der Waals surface area contributed by atoms with Crippen LogP contribution in [0.3, 0.4) is 0 Å². The van der Waals surface area contributed by atoms with Gasteiger partial charge in [-0.3, -0.25) is 0 Å². The fraction of sp³-hybridized carbons (Fsp3) is 0.526. The van der Waals surface area contributed by atoms with Crippen LogP contribution in [-0.2, 0) is 6.42 Å². The van der Waals surface area contributed by atoms with Gasteiger partial charge in [-0.05, 0) is 43.4 Å². The molecule has 0 aliphatic heterocycles. The van der Waals surface area contributed by atoms with Crippen molar-refractivity contribution >= 4 is 0 Å². The van der Waals surface area contributed by atoms with E-state index < -0.39 is 0 Å². The fourth-order valence-corrected chi connectivity index (χ4v) is 3.49. The van der Waals surface area contributed by atoms with Crippen molar-refractivity contribution < 1.29 is 0 Å². The molecule has 1 fully saturated rings. The van der Waals surface area contributed by atoms with Gasteiger partial charge < -0.3 is 0 Å². The Morgan fingerprint density at radius 1 is 1.17 bits per heavy atom. The Morgan fingerprint density at radius 3 is 2.57 bits per heavy atom. The van der Waals surface area contributed by atoms with E-state index in [-0.39, 0.29) is 0 Å². The molecule has 23 heavy (non-hydrogen) atoms. The van der Waals surface area contributed by atoms with Crippen molar-refractivity contribution in [3.05, 3.63) is 41.2 Å². The minimum absolute atomic E-state index is 0.410. The summed E-state index contributed by atoms with van der Waals surface area (Å²) >= 11 is 0. The molecule has 120 valence electrons. The van der Waals surface area contributed by atoms with Crippen LogP contribution < -0.4 is 0 Å². The summed E-state index contributed by atoms with van der Waals surface area (Å²) in [6.45, 7) is 2.21. The minimum Gasteiger partial charge on any atom is -0.216 e. The van der Waals surface area contributed by atoms with E-state index in [9.17, 15) is 5.26 Å². The molecule has 1 saturated carbocycles. The normalized spacial score (nSPS) is 15.5. The van der Waals surface area contributed by atoms with E-state index >= 15 is 0 Å². The van der Waals surface area contributed by atoms with Gasteiger partial charge in [0, 0.05) is 5.92 Å². The van der Waals surface area contributed by atoms with Crippen LogP contribution in [0.4, 0.5) is 0 Å². The molecule has 0 spiro atoms. The number of aromatic nitrogens is 3. The lowest BCUT2D eigenvalue weighted by Crippen LogP contribution is -2.12. The van der Waals surface area contributed by atoms with Crippen LogP contribution in [0.25, 0.3) is 5.69 Å². The molecule has 2 aromatic rings. The van der Waals surface area contributed by atoms with Crippen LogP contribution in [0.15, 0.2) is 24.3 Å². The summed E-state index contributed by atoms with van der Waals surface area (Å²) < 4.78 is 1.89. The SMILES string of the molecule is CCCCc1ccc(-n2nnc(C#N)c2C2CCCCC2)cc1. The summed E-state index contributed by atoms with van der Waals surface area (Å²) in [5.41, 5.74) is 3.87. The van der Waals surface area contributed by atoms with Crippen LogP contribution in [0.1, 0.15) is 74.7 Å². The second-order valence-corrected chi connectivity index (χ2v) is 6.45. The van der Waals surface area contributed by atoms with Gasteiger partial charge in [-0.25, -0.2) is 4.68 Å². The van der Waals surface area contributed by atoms with Gasteiger partial charge in [0.25, 0.3) is 0 Å². The van der Waals surface area contributed by atoms with Gasteiger partial charge in [-0.2, -0.15) is 5.26 Å². The first kappa shape index (κ1) is 15.7. The van der Waals surface area contributed by atoms with Crippen molar-refractivity contribution in [2.24, 2.45) is 0 Å². The first-order valence-electron chi connectivity index (χ1n) is 8.78. The Labute approximate surface area is 138 Å². The van der Waals surface area contributed by atoms with Crippen molar-refractivity contribution in [1.29, 1.82) is 5.26 Å². The Bertz CT molecular complexity index is 672. The molecule has 0 radical (unpaired) electrons. The highest BCUT2D eigenvalue weighted by molar-refractivity contribution is 5.39. The Morgan fingerprint density at radius 2 is 1.91 bits per heavy atom. The number of aryl methyl sites for hydroxylation is 1. The molecule has 0 atom stereocenters. The molecule has 1 aromatic carbocycles. The highest BCUT2D eigenvalue weighted by Crippen LogP contribution is 2.34. The molecule has 0 saturated heterocycles. The zero-order chi connectivity index (χ0) is 16.1. The fourth-order valence-electron chi connectivity index (χ4n) is 3.49. The van der Waals surface area contributed by atoms with Crippen LogP contribution in [0.2, 0.25) is 0 Å². The molecule has 1 aliphatic carbocycles. The molecule has 1 aromatic heterocycles. The third kappa shape index (κ3) is 3.44. The zero-order valence-electron chi connectivity index (χ0n) is 13.8. The Hall–Kier alpha value is -2.15. The molecule has 3 rings (SSSR count). The number of nitriles is 1. The number of nitrogens with zero attached hydrogens (tertiary/aromatic N) is 4. The maximum Gasteiger partial charge on any atom is 0.186 e. The number of hydrogen-bond acceptors (Lipinski definition) is 3.